The Kier molecular flexibility index (Phi) is 3.30. The smallest absolute Gasteiger partial charge is 0.271 e. The van der Waals surface area contributed by atoms with Crippen molar-refractivity contribution in [3.63, 3.8) is 0 Å². The van der Waals surface area contributed by atoms with Crippen LogP contribution in [0.2, 0.25) is 0 Å². The number of aromatic nitrogens is 1. The molecule has 0 aliphatic heterocycles. The Morgan fingerprint density at radius 1 is 1.29 bits per heavy atom. The van der Waals surface area contributed by atoms with Crippen molar-refractivity contribution >= 4 is 11.4 Å². The first-order chi connectivity index (χ1) is 8.25. The van der Waals surface area contributed by atoms with Crippen molar-refractivity contribution in [1.82, 2.24) is 4.98 Å². The van der Waals surface area contributed by atoms with Crippen molar-refractivity contribution in [3.8, 4) is 0 Å². The number of nitrogens with one attached hydrogen (secondary N) is 1. The van der Waals surface area contributed by atoms with Crippen molar-refractivity contribution in [2.75, 3.05) is 5.32 Å². The number of non-ortho nitro benzene ring substituents is 1. The molecular formula is C12H11N3O2. The minimum Gasteiger partial charge on any atom is -0.381 e. The van der Waals surface area contributed by atoms with E-state index in [1.807, 2.05) is 12.1 Å². The average molecular weight is 229 g/mol. The van der Waals surface area contributed by atoms with E-state index in [1.165, 1.54) is 12.1 Å². The van der Waals surface area contributed by atoms with Gasteiger partial charge in [-0.2, -0.15) is 0 Å². The van der Waals surface area contributed by atoms with Gasteiger partial charge in [0.15, 0.2) is 0 Å². The first-order valence-corrected chi connectivity index (χ1v) is 5.13. The fourth-order valence-electron chi connectivity index (χ4n) is 1.44. The number of hydrogen-bond acceptors (Lipinski definition) is 4. The highest BCUT2D eigenvalue weighted by Gasteiger charge is 2.04. The molecule has 2 rings (SSSR count). The molecule has 0 bridgehead atoms. The molecule has 1 aromatic carbocycles. The SMILES string of the molecule is O=[N+]([O-])c1cccc(NCc2cccnc2)c1. The predicted octanol–water partition coefficient (Wildman–Crippen LogP) is 2.60. The largest absolute Gasteiger partial charge is 0.381 e. The minimum atomic E-state index is -0.407. The molecule has 0 amide bonds. The van der Waals surface area contributed by atoms with Gasteiger partial charge in [0.1, 0.15) is 0 Å². The van der Waals surface area contributed by atoms with Gasteiger partial charge in [0, 0.05) is 36.8 Å². The molecule has 0 atom stereocenters. The summed E-state index contributed by atoms with van der Waals surface area (Å²) in [7, 11) is 0. The van der Waals surface area contributed by atoms with Crippen LogP contribution in [0.1, 0.15) is 5.56 Å². The Morgan fingerprint density at radius 3 is 2.88 bits per heavy atom. The van der Waals surface area contributed by atoms with Crippen molar-refractivity contribution in [1.29, 1.82) is 0 Å². The van der Waals surface area contributed by atoms with Crippen molar-refractivity contribution in [2.24, 2.45) is 0 Å². The predicted molar refractivity (Wildman–Crippen MR) is 64.7 cm³/mol. The quantitative estimate of drug-likeness (QED) is 0.646. The lowest BCUT2D eigenvalue weighted by molar-refractivity contribution is -0.384. The Hall–Kier alpha value is -2.43. The highest BCUT2D eigenvalue weighted by Crippen LogP contribution is 2.17. The maximum Gasteiger partial charge on any atom is 0.271 e. The van der Waals surface area contributed by atoms with Crippen LogP contribution >= 0.6 is 0 Å². The Bertz CT molecular complexity index is 514. The molecule has 0 fully saturated rings. The summed E-state index contributed by atoms with van der Waals surface area (Å²) in [6, 6.07) is 10.2. The third kappa shape index (κ3) is 3.01. The monoisotopic (exact) mass is 229 g/mol. The van der Waals surface area contributed by atoms with E-state index in [0.29, 0.717) is 6.54 Å². The van der Waals surface area contributed by atoms with Gasteiger partial charge in [0.2, 0.25) is 0 Å². The van der Waals surface area contributed by atoms with Crippen LogP contribution in [-0.4, -0.2) is 9.91 Å². The van der Waals surface area contributed by atoms with Gasteiger partial charge in [0.05, 0.1) is 4.92 Å². The van der Waals surface area contributed by atoms with Crippen LogP contribution in [0, 0.1) is 10.1 Å². The second kappa shape index (κ2) is 5.07. The topological polar surface area (TPSA) is 68.1 Å². The van der Waals surface area contributed by atoms with Crippen molar-refractivity contribution in [2.45, 2.75) is 6.54 Å². The summed E-state index contributed by atoms with van der Waals surface area (Å²) in [4.78, 5) is 14.2. The highest BCUT2D eigenvalue weighted by molar-refractivity contribution is 5.51. The molecular weight excluding hydrogens is 218 g/mol. The maximum absolute atomic E-state index is 10.6. The first kappa shape index (κ1) is 11.1. The molecule has 17 heavy (non-hydrogen) atoms. The summed E-state index contributed by atoms with van der Waals surface area (Å²) in [5, 5.41) is 13.7. The summed E-state index contributed by atoms with van der Waals surface area (Å²) >= 11 is 0. The van der Waals surface area contributed by atoms with Gasteiger partial charge in [-0.3, -0.25) is 15.1 Å². The lowest BCUT2D eigenvalue weighted by Gasteiger charge is -2.05. The van der Waals surface area contributed by atoms with Crippen LogP contribution in [0.15, 0.2) is 48.8 Å². The molecule has 1 heterocycles. The van der Waals surface area contributed by atoms with Gasteiger partial charge < -0.3 is 5.32 Å². The lowest BCUT2D eigenvalue weighted by Crippen LogP contribution is -2.00. The number of benzene rings is 1. The zero-order valence-corrected chi connectivity index (χ0v) is 9.04. The van der Waals surface area contributed by atoms with Crippen LogP contribution in [-0.2, 0) is 6.54 Å². The molecule has 0 saturated heterocycles. The number of pyridine rings is 1. The van der Waals surface area contributed by atoms with E-state index in [4.69, 9.17) is 0 Å². The van der Waals surface area contributed by atoms with E-state index in [0.717, 1.165) is 11.3 Å². The fraction of sp³-hybridized carbons (Fsp3) is 0.0833. The van der Waals surface area contributed by atoms with Crippen LogP contribution in [0.3, 0.4) is 0 Å². The number of nitrogens with zero attached hydrogens (tertiary/aromatic N) is 2. The molecule has 1 aromatic heterocycles. The summed E-state index contributed by atoms with van der Waals surface area (Å²) in [5.74, 6) is 0. The summed E-state index contributed by atoms with van der Waals surface area (Å²) < 4.78 is 0. The first-order valence-electron chi connectivity index (χ1n) is 5.13. The molecule has 0 radical (unpaired) electrons. The molecule has 2 aromatic rings. The third-order valence-corrected chi connectivity index (χ3v) is 2.28. The van der Waals surface area contributed by atoms with E-state index in [1.54, 1.807) is 24.5 Å². The molecule has 0 unspecified atom stereocenters. The van der Waals surface area contributed by atoms with Crippen LogP contribution < -0.4 is 5.32 Å². The van der Waals surface area contributed by atoms with E-state index >= 15 is 0 Å². The summed E-state index contributed by atoms with van der Waals surface area (Å²) in [6.07, 6.45) is 3.46. The van der Waals surface area contributed by atoms with Crippen LogP contribution in [0.25, 0.3) is 0 Å². The normalized spacial score (nSPS) is 9.88. The highest BCUT2D eigenvalue weighted by atomic mass is 16.6. The third-order valence-electron chi connectivity index (χ3n) is 2.28. The number of nitro groups is 1. The van der Waals surface area contributed by atoms with Crippen LogP contribution in [0.4, 0.5) is 11.4 Å². The minimum absolute atomic E-state index is 0.0844. The summed E-state index contributed by atoms with van der Waals surface area (Å²) in [6.45, 7) is 0.592. The second-order valence-corrected chi connectivity index (χ2v) is 3.52. The molecule has 0 saturated carbocycles. The number of nitro benzene ring substituents is 1. The van der Waals surface area contributed by atoms with Gasteiger partial charge in [0.25, 0.3) is 5.69 Å². The number of rotatable bonds is 4. The zero-order chi connectivity index (χ0) is 12.1. The molecule has 86 valence electrons. The van der Waals surface area contributed by atoms with Gasteiger partial charge in [-0.05, 0) is 17.7 Å². The Balaban J connectivity index is 2.04. The number of hydrogen-bond donors (Lipinski definition) is 1. The Labute approximate surface area is 98.3 Å². The molecule has 5 nitrogen and oxygen atoms in total. The molecule has 5 heteroatoms. The van der Waals surface area contributed by atoms with Crippen LogP contribution in [0.5, 0.6) is 0 Å². The van der Waals surface area contributed by atoms with E-state index in [2.05, 4.69) is 10.3 Å². The van der Waals surface area contributed by atoms with Crippen molar-refractivity contribution in [3.05, 3.63) is 64.5 Å². The number of anilines is 1. The molecule has 0 aliphatic rings. The van der Waals surface area contributed by atoms with Gasteiger partial charge in [-0.25, -0.2) is 0 Å². The lowest BCUT2D eigenvalue weighted by atomic mass is 10.2. The van der Waals surface area contributed by atoms with Gasteiger partial charge in [-0.15, -0.1) is 0 Å². The zero-order valence-electron chi connectivity index (χ0n) is 9.04. The summed E-state index contributed by atoms with van der Waals surface area (Å²) in [5.41, 5.74) is 1.84. The maximum atomic E-state index is 10.6. The average Bonchev–Trinajstić information content (AvgIpc) is 2.38. The van der Waals surface area contributed by atoms with Crippen molar-refractivity contribution < 1.29 is 4.92 Å². The Morgan fingerprint density at radius 2 is 2.18 bits per heavy atom. The van der Waals surface area contributed by atoms with E-state index < -0.39 is 4.92 Å². The van der Waals surface area contributed by atoms with Gasteiger partial charge >= 0.3 is 0 Å². The molecule has 0 spiro atoms. The standard InChI is InChI=1S/C12H11N3O2/c16-15(17)12-5-1-4-11(7-12)14-9-10-3-2-6-13-8-10/h1-8,14H,9H2. The molecule has 1 N–H and O–H groups in total. The molecule has 0 aliphatic carbocycles. The van der Waals surface area contributed by atoms with Gasteiger partial charge in [-0.1, -0.05) is 12.1 Å². The fourth-order valence-corrected chi connectivity index (χ4v) is 1.44. The van der Waals surface area contributed by atoms with E-state index in [-0.39, 0.29) is 5.69 Å². The second-order valence-electron chi connectivity index (χ2n) is 3.52. The van der Waals surface area contributed by atoms with E-state index in [9.17, 15) is 10.1 Å².